The summed E-state index contributed by atoms with van der Waals surface area (Å²) in [5, 5.41) is 29.9. The average molecular weight is 367 g/mol. The maximum Gasteiger partial charge on any atom is 0.137 e. The second-order valence-corrected chi connectivity index (χ2v) is 6.75. The summed E-state index contributed by atoms with van der Waals surface area (Å²) in [5.41, 5.74) is 1.97. The monoisotopic (exact) mass is 367 g/mol. The molecule has 0 aliphatic carbocycles. The predicted octanol–water partition coefficient (Wildman–Crippen LogP) is 4.71. The second kappa shape index (κ2) is 6.39. The number of fused-ring (bicyclic) bond motifs is 2. The van der Waals surface area contributed by atoms with Gasteiger partial charge in [-0.15, -0.1) is 0 Å². The number of hydrogen-bond acceptors (Lipinski definition) is 4. The van der Waals surface area contributed by atoms with Crippen LogP contribution in [0.3, 0.4) is 0 Å². The van der Waals surface area contributed by atoms with Crippen LogP contribution >= 0.6 is 0 Å². The molecule has 0 atom stereocenters. The van der Waals surface area contributed by atoms with E-state index in [9.17, 15) is 10.2 Å². The summed E-state index contributed by atoms with van der Waals surface area (Å²) < 4.78 is 1.66. The molecule has 0 saturated heterocycles. The summed E-state index contributed by atoms with van der Waals surface area (Å²) in [7, 11) is 0. The Morgan fingerprint density at radius 3 is 2.25 bits per heavy atom. The van der Waals surface area contributed by atoms with Gasteiger partial charge in [0.05, 0.1) is 6.54 Å². The van der Waals surface area contributed by atoms with Crippen molar-refractivity contribution in [3.63, 3.8) is 0 Å². The summed E-state index contributed by atoms with van der Waals surface area (Å²) >= 11 is 0. The zero-order valence-electron chi connectivity index (χ0n) is 14.9. The third kappa shape index (κ3) is 2.56. The highest BCUT2D eigenvalue weighted by atomic mass is 16.3. The van der Waals surface area contributed by atoms with Gasteiger partial charge in [0.15, 0.2) is 0 Å². The Labute approximate surface area is 161 Å². The summed E-state index contributed by atoms with van der Waals surface area (Å²) in [5.74, 6) is 0.276. The third-order valence-corrected chi connectivity index (χ3v) is 5.06. The maximum absolute atomic E-state index is 11.3. The van der Waals surface area contributed by atoms with E-state index in [0.717, 1.165) is 21.5 Å². The van der Waals surface area contributed by atoms with E-state index in [1.807, 2.05) is 60.7 Å². The molecule has 0 aliphatic rings. The quantitative estimate of drug-likeness (QED) is 0.484. The normalized spacial score (nSPS) is 11.3. The van der Waals surface area contributed by atoms with E-state index in [-0.39, 0.29) is 11.5 Å². The fourth-order valence-corrected chi connectivity index (χ4v) is 3.78. The van der Waals surface area contributed by atoms with Crippen LogP contribution in [-0.4, -0.2) is 25.0 Å². The molecule has 136 valence electrons. The first-order valence-electron chi connectivity index (χ1n) is 8.99. The number of phenolic OH excluding ortho intramolecular Hbond substituents is 2. The van der Waals surface area contributed by atoms with Crippen molar-refractivity contribution in [2.24, 2.45) is 0 Å². The fourth-order valence-electron chi connectivity index (χ4n) is 3.78. The Bertz CT molecular complexity index is 1310. The van der Waals surface area contributed by atoms with Crippen molar-refractivity contribution in [1.29, 1.82) is 0 Å². The summed E-state index contributed by atoms with van der Waals surface area (Å²) in [6.45, 7) is 0.384. The first kappa shape index (κ1) is 16.3. The van der Waals surface area contributed by atoms with E-state index >= 15 is 0 Å². The molecule has 0 saturated carbocycles. The van der Waals surface area contributed by atoms with Gasteiger partial charge >= 0.3 is 0 Å². The van der Waals surface area contributed by atoms with Crippen LogP contribution in [0.4, 0.5) is 0 Å². The minimum absolute atomic E-state index is 0.136. The molecule has 0 radical (unpaired) electrons. The standard InChI is InChI=1S/C23H17N3O2/c27-20-10-9-15-5-1-3-7-18(15)21(20)22-19-8-4-2-6-16(19)11-17(23(22)28)12-26-14-24-13-25-26/h1-11,13-14,27-28H,12H2. The number of aromatic hydroxyl groups is 2. The minimum atomic E-state index is 0.136. The van der Waals surface area contributed by atoms with Crippen LogP contribution < -0.4 is 0 Å². The Kier molecular flexibility index (Phi) is 3.72. The molecule has 2 N–H and O–H groups in total. The van der Waals surface area contributed by atoms with E-state index in [0.29, 0.717) is 23.2 Å². The topological polar surface area (TPSA) is 71.2 Å². The van der Waals surface area contributed by atoms with E-state index < -0.39 is 0 Å². The SMILES string of the molecule is Oc1ccc2ccccc2c1-c1c(O)c(Cn2cncn2)cc2ccccc12. The summed E-state index contributed by atoms with van der Waals surface area (Å²) in [4.78, 5) is 3.98. The Morgan fingerprint density at radius 1 is 0.786 bits per heavy atom. The van der Waals surface area contributed by atoms with Crippen LogP contribution in [0.1, 0.15) is 5.56 Å². The summed E-state index contributed by atoms with van der Waals surface area (Å²) in [6, 6.07) is 21.2. The molecule has 28 heavy (non-hydrogen) atoms. The molecule has 5 heteroatoms. The van der Waals surface area contributed by atoms with Crippen LogP contribution in [0, 0.1) is 0 Å². The van der Waals surface area contributed by atoms with Gasteiger partial charge in [-0.1, -0.05) is 54.6 Å². The number of benzene rings is 4. The Balaban J connectivity index is 1.87. The van der Waals surface area contributed by atoms with Crippen molar-refractivity contribution < 1.29 is 10.2 Å². The van der Waals surface area contributed by atoms with E-state index in [2.05, 4.69) is 10.1 Å². The van der Waals surface area contributed by atoms with Gasteiger partial charge in [0.25, 0.3) is 0 Å². The van der Waals surface area contributed by atoms with Crippen molar-refractivity contribution >= 4 is 21.5 Å². The smallest absolute Gasteiger partial charge is 0.137 e. The van der Waals surface area contributed by atoms with Crippen LogP contribution in [0.2, 0.25) is 0 Å². The zero-order valence-corrected chi connectivity index (χ0v) is 14.9. The van der Waals surface area contributed by atoms with Crippen LogP contribution in [-0.2, 0) is 6.54 Å². The second-order valence-electron chi connectivity index (χ2n) is 6.75. The van der Waals surface area contributed by atoms with Gasteiger partial charge in [0, 0.05) is 16.7 Å². The van der Waals surface area contributed by atoms with E-state index in [1.54, 1.807) is 17.1 Å². The lowest BCUT2D eigenvalue weighted by Crippen LogP contribution is -2.01. The largest absolute Gasteiger partial charge is 0.507 e. The number of nitrogens with zero attached hydrogens (tertiary/aromatic N) is 3. The van der Waals surface area contributed by atoms with Crippen molar-refractivity contribution in [2.75, 3.05) is 0 Å². The number of rotatable bonds is 3. The van der Waals surface area contributed by atoms with Crippen LogP contribution in [0.25, 0.3) is 32.7 Å². The maximum atomic E-state index is 11.3. The third-order valence-electron chi connectivity index (χ3n) is 5.06. The predicted molar refractivity (Wildman–Crippen MR) is 109 cm³/mol. The highest BCUT2D eigenvalue weighted by Crippen LogP contribution is 2.46. The van der Waals surface area contributed by atoms with Gasteiger partial charge < -0.3 is 10.2 Å². The first-order valence-corrected chi connectivity index (χ1v) is 8.99. The van der Waals surface area contributed by atoms with Gasteiger partial charge in [-0.05, 0) is 33.7 Å². The number of aromatic nitrogens is 3. The molecule has 5 nitrogen and oxygen atoms in total. The molecule has 5 aromatic rings. The van der Waals surface area contributed by atoms with E-state index in [1.165, 1.54) is 6.33 Å². The van der Waals surface area contributed by atoms with Gasteiger partial charge in [0.1, 0.15) is 24.2 Å². The van der Waals surface area contributed by atoms with Crippen LogP contribution in [0.15, 0.2) is 79.4 Å². The average Bonchev–Trinajstić information content (AvgIpc) is 3.23. The lowest BCUT2D eigenvalue weighted by molar-refractivity contribution is 0.463. The number of hydrogen-bond donors (Lipinski definition) is 2. The lowest BCUT2D eigenvalue weighted by atomic mass is 9.90. The highest BCUT2D eigenvalue weighted by molar-refractivity contribution is 6.10. The molecule has 0 spiro atoms. The van der Waals surface area contributed by atoms with Crippen molar-refractivity contribution in [3.05, 3.63) is 84.9 Å². The van der Waals surface area contributed by atoms with Crippen molar-refractivity contribution in [1.82, 2.24) is 14.8 Å². The summed E-state index contributed by atoms with van der Waals surface area (Å²) in [6.07, 6.45) is 3.08. The molecule has 0 fully saturated rings. The molecule has 1 heterocycles. The molecule has 0 bridgehead atoms. The zero-order chi connectivity index (χ0) is 19.1. The molecule has 0 unspecified atom stereocenters. The lowest BCUT2D eigenvalue weighted by Gasteiger charge is -2.17. The van der Waals surface area contributed by atoms with Crippen molar-refractivity contribution in [3.8, 4) is 22.6 Å². The number of phenols is 2. The molecule has 0 aliphatic heterocycles. The molecule has 5 rings (SSSR count). The van der Waals surface area contributed by atoms with E-state index in [4.69, 9.17) is 0 Å². The highest BCUT2D eigenvalue weighted by Gasteiger charge is 2.19. The van der Waals surface area contributed by atoms with Crippen molar-refractivity contribution in [2.45, 2.75) is 6.54 Å². The van der Waals surface area contributed by atoms with Gasteiger partial charge in [0.2, 0.25) is 0 Å². The van der Waals surface area contributed by atoms with Gasteiger partial charge in [-0.3, -0.25) is 0 Å². The molecule has 0 amide bonds. The molecular formula is C23H17N3O2. The Hall–Kier alpha value is -3.86. The first-order chi connectivity index (χ1) is 13.7. The molecular weight excluding hydrogens is 350 g/mol. The molecule has 4 aromatic carbocycles. The minimum Gasteiger partial charge on any atom is -0.507 e. The van der Waals surface area contributed by atoms with Gasteiger partial charge in [-0.2, -0.15) is 5.10 Å². The van der Waals surface area contributed by atoms with Crippen LogP contribution in [0.5, 0.6) is 11.5 Å². The molecule has 1 aromatic heterocycles. The van der Waals surface area contributed by atoms with Gasteiger partial charge in [-0.25, -0.2) is 9.67 Å². The Morgan fingerprint density at radius 2 is 1.50 bits per heavy atom. The fraction of sp³-hybridized carbons (Fsp3) is 0.0435.